The maximum absolute atomic E-state index is 13.6. The molecule has 0 aliphatic carbocycles. The van der Waals surface area contributed by atoms with Gasteiger partial charge in [0.2, 0.25) is 11.8 Å². The first-order valence-electron chi connectivity index (χ1n) is 10.3. The molecule has 4 heterocycles. The minimum Gasteiger partial charge on any atom is -0.461 e. The van der Waals surface area contributed by atoms with Crippen LogP contribution in [0.15, 0.2) is 24.3 Å². The van der Waals surface area contributed by atoms with Crippen LogP contribution in [0.5, 0.6) is 0 Å². The van der Waals surface area contributed by atoms with E-state index in [-0.39, 0.29) is 42.3 Å². The van der Waals surface area contributed by atoms with Crippen molar-refractivity contribution in [1.82, 2.24) is 9.80 Å². The van der Waals surface area contributed by atoms with Crippen molar-refractivity contribution >= 4 is 29.5 Å². The highest BCUT2D eigenvalue weighted by Crippen LogP contribution is 2.60. The topological polar surface area (TPSA) is 87.2 Å². The molecule has 0 aromatic carbocycles. The van der Waals surface area contributed by atoms with Gasteiger partial charge in [-0.25, -0.2) is 0 Å². The fourth-order valence-corrected chi connectivity index (χ4v) is 7.09. The van der Waals surface area contributed by atoms with Crippen molar-refractivity contribution in [1.29, 1.82) is 0 Å². The summed E-state index contributed by atoms with van der Waals surface area (Å²) in [5.41, 5.74) is 0. The molecule has 0 bridgehead atoms. The van der Waals surface area contributed by atoms with Crippen LogP contribution in [-0.4, -0.2) is 81.1 Å². The zero-order valence-corrected chi connectivity index (χ0v) is 17.6. The molecule has 0 radical (unpaired) electrons. The third kappa shape index (κ3) is 3.11. The first-order valence-corrected chi connectivity index (χ1v) is 11.2. The minimum absolute atomic E-state index is 0.0116. The predicted octanol–water partition coefficient (Wildman–Crippen LogP) is 0.976. The first-order chi connectivity index (χ1) is 13.9. The van der Waals surface area contributed by atoms with E-state index in [1.165, 1.54) is 0 Å². The van der Waals surface area contributed by atoms with Crippen molar-refractivity contribution in [3.8, 4) is 0 Å². The molecule has 2 fully saturated rings. The van der Waals surface area contributed by atoms with Crippen LogP contribution in [0, 0.1) is 11.8 Å². The number of rotatable bonds is 5. The molecule has 4 rings (SSSR count). The number of carbonyl (C=O) groups is 3. The summed E-state index contributed by atoms with van der Waals surface area (Å²) in [6, 6.07) is -0.629. The molecule has 8 heteroatoms. The number of thioether (sulfide) groups is 1. The predicted molar refractivity (Wildman–Crippen MR) is 109 cm³/mol. The molecule has 29 heavy (non-hydrogen) atoms. The second kappa shape index (κ2) is 7.80. The molecule has 0 saturated carbocycles. The van der Waals surface area contributed by atoms with E-state index in [4.69, 9.17) is 9.84 Å². The smallest absolute Gasteiger partial charge is 0.311 e. The van der Waals surface area contributed by atoms with E-state index in [0.29, 0.717) is 25.9 Å². The van der Waals surface area contributed by atoms with Gasteiger partial charge < -0.3 is 19.6 Å². The number of cyclic esters (lactones) is 1. The lowest BCUT2D eigenvalue weighted by atomic mass is 9.78. The number of carbonyl (C=O) groups excluding carboxylic acids is 3. The van der Waals surface area contributed by atoms with Gasteiger partial charge in [0.05, 0.1) is 16.6 Å². The molecular formula is C21H28N2O5S. The largest absolute Gasteiger partial charge is 0.461 e. The molecular weight excluding hydrogens is 392 g/mol. The second-order valence-electron chi connectivity index (χ2n) is 8.35. The molecule has 1 N–H and O–H groups in total. The molecule has 1 spiro atoms. The fraction of sp³-hybridized carbons (Fsp3) is 0.667. The highest BCUT2D eigenvalue weighted by molar-refractivity contribution is 8.02. The molecule has 0 aromatic rings. The number of nitrogens with zero attached hydrogens (tertiary/aromatic N) is 2. The van der Waals surface area contributed by atoms with Crippen LogP contribution in [0.2, 0.25) is 0 Å². The Morgan fingerprint density at radius 1 is 1.24 bits per heavy atom. The Kier molecular flexibility index (Phi) is 5.50. The monoisotopic (exact) mass is 420 g/mol. The van der Waals surface area contributed by atoms with E-state index in [0.717, 1.165) is 0 Å². The Labute approximate surface area is 175 Å². The van der Waals surface area contributed by atoms with E-state index in [2.05, 4.69) is 0 Å². The number of esters is 1. The summed E-state index contributed by atoms with van der Waals surface area (Å²) in [5.74, 6) is -1.77. The Morgan fingerprint density at radius 3 is 2.76 bits per heavy atom. The third-order valence-electron chi connectivity index (χ3n) is 6.38. The summed E-state index contributed by atoms with van der Waals surface area (Å²) in [6.45, 7) is 5.11. The van der Waals surface area contributed by atoms with Gasteiger partial charge in [0, 0.05) is 31.0 Å². The lowest BCUT2D eigenvalue weighted by Crippen LogP contribution is -2.54. The summed E-state index contributed by atoms with van der Waals surface area (Å²) >= 11 is 1.56. The number of unbranched alkanes of at least 4 members (excludes halogenated alkanes) is 1. The number of amides is 2. The maximum atomic E-state index is 13.6. The highest BCUT2D eigenvalue weighted by Gasteiger charge is 2.71. The van der Waals surface area contributed by atoms with Crippen LogP contribution in [-0.2, 0) is 19.1 Å². The van der Waals surface area contributed by atoms with E-state index in [9.17, 15) is 14.4 Å². The third-order valence-corrected chi connectivity index (χ3v) is 8.12. The van der Waals surface area contributed by atoms with Crippen LogP contribution in [0.1, 0.15) is 26.7 Å². The maximum Gasteiger partial charge on any atom is 0.311 e. The summed E-state index contributed by atoms with van der Waals surface area (Å²) in [7, 11) is 0. The minimum atomic E-state index is -0.771. The van der Waals surface area contributed by atoms with Gasteiger partial charge in [0.25, 0.3) is 0 Å². The highest BCUT2D eigenvalue weighted by atomic mass is 32.2. The van der Waals surface area contributed by atoms with Gasteiger partial charge >= 0.3 is 5.97 Å². The lowest BCUT2D eigenvalue weighted by molar-refractivity contribution is -0.151. The van der Waals surface area contributed by atoms with E-state index >= 15 is 0 Å². The van der Waals surface area contributed by atoms with Gasteiger partial charge in [0.15, 0.2) is 0 Å². The molecule has 2 saturated heterocycles. The summed E-state index contributed by atoms with van der Waals surface area (Å²) in [6.07, 6.45) is 8.95. The van der Waals surface area contributed by atoms with Crippen LogP contribution < -0.4 is 0 Å². The Bertz CT molecular complexity index is 766. The Balaban J connectivity index is 1.79. The first kappa shape index (κ1) is 20.5. The SMILES string of the molecule is CC(C)N1CC=C[C@]23S[C@H]4C=CCOC(=O)[C@H]4[C@H]2C(=O)N(CCCCO)C3C1=O. The molecule has 158 valence electrons. The number of hydrogen-bond acceptors (Lipinski definition) is 6. The number of aliphatic hydroxyl groups excluding tert-OH is 1. The zero-order chi connectivity index (χ0) is 20.8. The summed E-state index contributed by atoms with van der Waals surface area (Å²) in [5, 5.41) is 8.99. The normalized spacial score (nSPS) is 36.1. The molecule has 2 amide bonds. The van der Waals surface area contributed by atoms with Crippen molar-refractivity contribution in [2.24, 2.45) is 11.8 Å². The van der Waals surface area contributed by atoms with Gasteiger partial charge in [-0.15, -0.1) is 11.8 Å². The van der Waals surface area contributed by atoms with Gasteiger partial charge in [-0.05, 0) is 26.7 Å². The van der Waals surface area contributed by atoms with Gasteiger partial charge in [0.1, 0.15) is 12.6 Å². The average molecular weight is 421 g/mol. The van der Waals surface area contributed by atoms with Crippen molar-refractivity contribution in [3.05, 3.63) is 24.3 Å². The van der Waals surface area contributed by atoms with Crippen LogP contribution in [0.4, 0.5) is 0 Å². The van der Waals surface area contributed by atoms with Gasteiger partial charge in [-0.1, -0.05) is 24.3 Å². The van der Waals surface area contributed by atoms with Crippen molar-refractivity contribution in [3.63, 3.8) is 0 Å². The summed E-state index contributed by atoms with van der Waals surface area (Å²) in [4.78, 5) is 43.5. The summed E-state index contributed by atoms with van der Waals surface area (Å²) < 4.78 is 4.57. The van der Waals surface area contributed by atoms with Crippen molar-refractivity contribution in [2.75, 3.05) is 26.3 Å². The number of hydrogen-bond donors (Lipinski definition) is 1. The Hall–Kier alpha value is -1.80. The number of fused-ring (bicyclic) bond motifs is 2. The van der Waals surface area contributed by atoms with Crippen LogP contribution >= 0.6 is 11.8 Å². The number of aliphatic hydroxyl groups is 1. The van der Waals surface area contributed by atoms with Gasteiger partial charge in [-0.3, -0.25) is 14.4 Å². The molecule has 4 aliphatic heterocycles. The molecule has 1 unspecified atom stereocenters. The van der Waals surface area contributed by atoms with E-state index < -0.39 is 22.6 Å². The number of ether oxygens (including phenoxy) is 1. The van der Waals surface area contributed by atoms with Crippen molar-refractivity contribution in [2.45, 2.75) is 48.8 Å². The lowest BCUT2D eigenvalue weighted by Gasteiger charge is -2.36. The second-order valence-corrected chi connectivity index (χ2v) is 9.84. The van der Waals surface area contributed by atoms with E-state index in [1.807, 2.05) is 38.2 Å². The standard InChI is InChI=1S/C21H28N2O5S/c1-13(2)22-10-6-8-21-16(15-14(29-21)7-5-12-28-20(15)27)18(25)23(9-3-4-11-24)17(21)19(22)26/h5-8,13-17,24H,3-4,9-12H2,1-2H3/t14-,15+,16-,17?,21-/m0/s1. The molecule has 5 atom stereocenters. The number of likely N-dealkylation sites (tertiary alicyclic amines) is 1. The molecule has 7 nitrogen and oxygen atoms in total. The quantitative estimate of drug-likeness (QED) is 0.405. The molecule has 4 aliphatic rings. The zero-order valence-electron chi connectivity index (χ0n) is 16.8. The van der Waals surface area contributed by atoms with E-state index in [1.54, 1.807) is 21.6 Å². The van der Waals surface area contributed by atoms with Gasteiger partial charge in [-0.2, -0.15) is 0 Å². The Morgan fingerprint density at radius 2 is 2.03 bits per heavy atom. The molecule has 0 aromatic heterocycles. The van der Waals surface area contributed by atoms with Crippen molar-refractivity contribution < 1.29 is 24.2 Å². The van der Waals surface area contributed by atoms with Crippen LogP contribution in [0.3, 0.4) is 0 Å². The van der Waals surface area contributed by atoms with Crippen LogP contribution in [0.25, 0.3) is 0 Å². The average Bonchev–Trinajstić information content (AvgIpc) is 2.96. The fourth-order valence-electron chi connectivity index (χ4n) is 5.08.